The third-order valence-electron chi connectivity index (χ3n) is 5.59. The molecule has 0 spiro atoms. The van der Waals surface area contributed by atoms with Gasteiger partial charge < -0.3 is 9.73 Å². The molecule has 4 amide bonds. The maximum absolute atomic E-state index is 13.1. The molecule has 1 aromatic heterocycles. The lowest BCUT2D eigenvalue weighted by Crippen LogP contribution is -2.54. The Morgan fingerprint density at radius 2 is 1.85 bits per heavy atom. The smallest absolute Gasteiger partial charge is 0.264 e. The Balaban J connectivity index is 1.36. The van der Waals surface area contributed by atoms with E-state index >= 15 is 0 Å². The second-order valence-electron chi connectivity index (χ2n) is 7.63. The molecule has 0 aliphatic carbocycles. The molecule has 0 radical (unpaired) electrons. The van der Waals surface area contributed by atoms with E-state index < -0.39 is 29.7 Å². The number of benzene rings is 2. The van der Waals surface area contributed by atoms with Gasteiger partial charge in [0.1, 0.15) is 6.04 Å². The number of carbonyl (C=O) groups excluding carboxylic acids is 4. The minimum atomic E-state index is -1.02. The van der Waals surface area contributed by atoms with Crippen LogP contribution in [0, 0.1) is 0 Å². The van der Waals surface area contributed by atoms with Gasteiger partial charge in [-0.15, -0.1) is 0 Å². The van der Waals surface area contributed by atoms with Crippen LogP contribution in [0.3, 0.4) is 0 Å². The molecular weight excluding hydrogens is 448 g/mol. The summed E-state index contributed by atoms with van der Waals surface area (Å²) >= 11 is 6.21. The molecule has 2 aliphatic heterocycles. The Morgan fingerprint density at radius 3 is 2.64 bits per heavy atom. The number of aromatic nitrogens is 1. The summed E-state index contributed by atoms with van der Waals surface area (Å²) in [6, 6.07) is 11.0. The van der Waals surface area contributed by atoms with Crippen LogP contribution in [0.15, 0.2) is 53.1 Å². The predicted molar refractivity (Wildman–Crippen MR) is 117 cm³/mol. The highest BCUT2D eigenvalue weighted by atomic mass is 35.5. The molecule has 1 unspecified atom stereocenters. The summed E-state index contributed by atoms with van der Waals surface area (Å²) in [6.45, 7) is 0.154. The Morgan fingerprint density at radius 1 is 1.06 bits per heavy atom. The summed E-state index contributed by atoms with van der Waals surface area (Å²) in [7, 11) is 0. The highest BCUT2D eigenvalue weighted by Crippen LogP contribution is 2.33. The van der Waals surface area contributed by atoms with Crippen LogP contribution in [0.1, 0.15) is 39.4 Å². The number of fused-ring (bicyclic) bond motifs is 1. The number of nitrogens with zero attached hydrogens (tertiary/aromatic N) is 2. The summed E-state index contributed by atoms with van der Waals surface area (Å²) in [5.74, 6) is -1.35. The third-order valence-corrected chi connectivity index (χ3v) is 5.92. The molecule has 0 saturated carbocycles. The van der Waals surface area contributed by atoms with E-state index in [0.29, 0.717) is 27.9 Å². The second-order valence-corrected chi connectivity index (χ2v) is 8.03. The number of amides is 4. The first-order valence-electron chi connectivity index (χ1n) is 10.2. The molecule has 1 saturated heterocycles. The molecule has 3 heterocycles. The minimum absolute atomic E-state index is 0.0623. The van der Waals surface area contributed by atoms with Gasteiger partial charge in [0, 0.05) is 17.7 Å². The predicted octanol–water partition coefficient (Wildman–Crippen LogP) is 3.01. The molecule has 166 valence electrons. The lowest BCUT2D eigenvalue weighted by Gasteiger charge is -2.27. The van der Waals surface area contributed by atoms with E-state index in [9.17, 15) is 19.2 Å². The zero-order valence-corrected chi connectivity index (χ0v) is 17.9. The van der Waals surface area contributed by atoms with Crippen molar-refractivity contribution in [3.63, 3.8) is 0 Å². The van der Waals surface area contributed by atoms with E-state index in [1.165, 1.54) is 6.07 Å². The lowest BCUT2D eigenvalue weighted by molar-refractivity contribution is -0.136. The average Bonchev–Trinajstić information content (AvgIpc) is 3.37. The van der Waals surface area contributed by atoms with E-state index in [0.717, 1.165) is 4.90 Å². The highest BCUT2D eigenvalue weighted by molar-refractivity contribution is 6.33. The van der Waals surface area contributed by atoms with Crippen molar-refractivity contribution in [2.75, 3.05) is 5.32 Å². The first kappa shape index (κ1) is 20.9. The molecule has 5 rings (SSSR count). The van der Waals surface area contributed by atoms with E-state index in [1.54, 1.807) is 24.4 Å². The Bertz CT molecular complexity index is 1320. The monoisotopic (exact) mass is 464 g/mol. The zero-order chi connectivity index (χ0) is 23.1. The van der Waals surface area contributed by atoms with Crippen molar-refractivity contribution in [2.45, 2.75) is 25.4 Å². The molecule has 2 aromatic carbocycles. The summed E-state index contributed by atoms with van der Waals surface area (Å²) in [5.41, 5.74) is 1.49. The van der Waals surface area contributed by atoms with Crippen LogP contribution < -0.4 is 10.6 Å². The van der Waals surface area contributed by atoms with Crippen molar-refractivity contribution in [1.82, 2.24) is 15.2 Å². The summed E-state index contributed by atoms with van der Waals surface area (Å²) in [4.78, 5) is 54.9. The van der Waals surface area contributed by atoms with Crippen molar-refractivity contribution in [3.05, 3.63) is 70.7 Å². The Labute approximate surface area is 192 Å². The molecule has 3 aromatic rings. The number of carbonyl (C=O) groups is 4. The van der Waals surface area contributed by atoms with E-state index in [4.69, 9.17) is 16.0 Å². The maximum atomic E-state index is 13.1. The van der Waals surface area contributed by atoms with Gasteiger partial charge in [0.15, 0.2) is 5.76 Å². The first-order chi connectivity index (χ1) is 15.9. The molecule has 9 nitrogen and oxygen atoms in total. The highest BCUT2D eigenvalue weighted by Gasteiger charge is 2.45. The zero-order valence-electron chi connectivity index (χ0n) is 17.1. The van der Waals surface area contributed by atoms with Gasteiger partial charge in [-0.1, -0.05) is 29.8 Å². The maximum Gasteiger partial charge on any atom is 0.264 e. The number of anilines is 1. The van der Waals surface area contributed by atoms with Gasteiger partial charge in [-0.05, 0) is 30.7 Å². The number of oxazole rings is 1. The fraction of sp³-hybridized carbons (Fsp3) is 0.174. The molecule has 2 N–H and O–H groups in total. The lowest BCUT2D eigenvalue weighted by atomic mass is 10.0. The van der Waals surface area contributed by atoms with Crippen LogP contribution in [0.2, 0.25) is 5.02 Å². The summed E-state index contributed by atoms with van der Waals surface area (Å²) < 4.78 is 5.77. The van der Waals surface area contributed by atoms with E-state index in [-0.39, 0.29) is 30.5 Å². The van der Waals surface area contributed by atoms with Crippen LogP contribution in [0.5, 0.6) is 0 Å². The first-order valence-corrected chi connectivity index (χ1v) is 10.6. The number of imide groups is 2. The molecule has 0 bridgehead atoms. The molecule has 1 fully saturated rings. The third kappa shape index (κ3) is 3.66. The minimum Gasteiger partial charge on any atom is -0.439 e. The number of piperidine rings is 1. The fourth-order valence-corrected chi connectivity index (χ4v) is 4.24. The number of rotatable bonds is 5. The van der Waals surface area contributed by atoms with Gasteiger partial charge in [-0.3, -0.25) is 29.4 Å². The van der Waals surface area contributed by atoms with Crippen LogP contribution in [-0.2, 0) is 16.1 Å². The summed E-state index contributed by atoms with van der Waals surface area (Å²) in [6.07, 6.45) is 1.72. The second kappa shape index (κ2) is 8.18. The van der Waals surface area contributed by atoms with Crippen molar-refractivity contribution < 1.29 is 23.6 Å². The largest absolute Gasteiger partial charge is 0.439 e. The SMILES string of the molecule is O=C1CCC(N2C(=O)c3cccc(NCc4ncc(-c5ccccc5Cl)o4)c3C2=O)C(=O)N1. The van der Waals surface area contributed by atoms with Gasteiger partial charge in [-0.2, -0.15) is 0 Å². The van der Waals surface area contributed by atoms with Crippen LogP contribution in [-0.4, -0.2) is 39.6 Å². The van der Waals surface area contributed by atoms with Gasteiger partial charge in [0.25, 0.3) is 11.8 Å². The molecule has 2 aliphatic rings. The van der Waals surface area contributed by atoms with Gasteiger partial charge in [0.2, 0.25) is 17.7 Å². The van der Waals surface area contributed by atoms with E-state index in [2.05, 4.69) is 15.6 Å². The quantitative estimate of drug-likeness (QED) is 0.556. The number of nitrogens with one attached hydrogen (secondary N) is 2. The van der Waals surface area contributed by atoms with Crippen LogP contribution >= 0.6 is 11.6 Å². The fourth-order valence-electron chi connectivity index (χ4n) is 4.01. The summed E-state index contributed by atoms with van der Waals surface area (Å²) in [5, 5.41) is 5.81. The van der Waals surface area contributed by atoms with Gasteiger partial charge >= 0.3 is 0 Å². The molecule has 1 atom stereocenters. The standard InChI is InChI=1S/C23H17ClN4O5/c24-14-6-2-1-4-12(14)17-10-26-19(33-17)11-25-15-7-3-5-13-20(15)23(32)28(22(13)31)16-8-9-18(29)27-21(16)30/h1-7,10,16,25H,8-9,11H2,(H,27,29,30). The van der Waals surface area contributed by atoms with Gasteiger partial charge in [-0.25, -0.2) is 4.98 Å². The van der Waals surface area contributed by atoms with Crippen molar-refractivity contribution in [1.29, 1.82) is 0 Å². The van der Waals surface area contributed by atoms with Crippen LogP contribution in [0.25, 0.3) is 11.3 Å². The van der Waals surface area contributed by atoms with Crippen LogP contribution in [0.4, 0.5) is 5.69 Å². The molecule has 33 heavy (non-hydrogen) atoms. The van der Waals surface area contributed by atoms with Gasteiger partial charge in [0.05, 0.1) is 28.9 Å². The number of hydrogen-bond acceptors (Lipinski definition) is 7. The van der Waals surface area contributed by atoms with E-state index in [1.807, 2.05) is 18.2 Å². The topological polar surface area (TPSA) is 122 Å². The number of hydrogen-bond donors (Lipinski definition) is 2. The molecular formula is C23H17ClN4O5. The molecule has 10 heteroatoms. The van der Waals surface area contributed by atoms with Crippen molar-refractivity contribution in [2.24, 2.45) is 0 Å². The normalized spacial score (nSPS) is 17.8. The Hall–Kier alpha value is -3.98. The average molecular weight is 465 g/mol. The van der Waals surface area contributed by atoms with Crippen molar-refractivity contribution in [3.8, 4) is 11.3 Å². The Kier molecular flexibility index (Phi) is 5.18. The van der Waals surface area contributed by atoms with Crippen molar-refractivity contribution >= 4 is 40.9 Å². The number of halogens is 1.